The summed E-state index contributed by atoms with van der Waals surface area (Å²) in [4.78, 5) is 44.3. The Morgan fingerprint density at radius 1 is 1.12 bits per heavy atom. The van der Waals surface area contributed by atoms with Crippen molar-refractivity contribution in [1.82, 2.24) is 20.1 Å². The van der Waals surface area contributed by atoms with Crippen LogP contribution in [0.2, 0.25) is 0 Å². The number of fused-ring (bicyclic) bond motifs is 1. The summed E-state index contributed by atoms with van der Waals surface area (Å²) in [6.07, 6.45) is 4.68. The number of aromatic amines is 1. The highest BCUT2D eigenvalue weighted by Crippen LogP contribution is 2.31. The SMILES string of the molecule is CC1(c2ccc(F)cc2)NC(=O)N(CC(=O)N2CC=C(c3c[nH]c4ccccc34)CC2)C1=O. The second-order valence-corrected chi connectivity index (χ2v) is 8.52. The molecule has 1 aromatic heterocycles. The summed E-state index contributed by atoms with van der Waals surface area (Å²) in [5.74, 6) is -1.26. The normalized spacial score (nSPS) is 20.8. The predicted molar refractivity (Wildman–Crippen MR) is 121 cm³/mol. The third-order valence-electron chi connectivity index (χ3n) is 6.49. The lowest BCUT2D eigenvalue weighted by Crippen LogP contribution is -2.45. The molecule has 4 amide bonds. The number of amides is 4. The van der Waals surface area contributed by atoms with Gasteiger partial charge >= 0.3 is 6.03 Å². The zero-order chi connectivity index (χ0) is 23.2. The van der Waals surface area contributed by atoms with Gasteiger partial charge in [-0.15, -0.1) is 0 Å². The molecule has 2 N–H and O–H groups in total. The third kappa shape index (κ3) is 3.57. The van der Waals surface area contributed by atoms with Crippen LogP contribution in [-0.2, 0) is 15.1 Å². The van der Waals surface area contributed by atoms with E-state index < -0.39 is 23.3 Å². The lowest BCUT2D eigenvalue weighted by molar-refractivity contribution is -0.138. The molecule has 3 heterocycles. The van der Waals surface area contributed by atoms with Gasteiger partial charge in [0.1, 0.15) is 17.9 Å². The Morgan fingerprint density at radius 3 is 2.61 bits per heavy atom. The Labute approximate surface area is 189 Å². The van der Waals surface area contributed by atoms with Crippen LogP contribution in [0.25, 0.3) is 16.5 Å². The Bertz CT molecular complexity index is 1300. The first-order chi connectivity index (χ1) is 15.9. The van der Waals surface area contributed by atoms with Gasteiger partial charge in [0.05, 0.1) is 0 Å². The Balaban J connectivity index is 1.28. The minimum atomic E-state index is -1.34. The maximum Gasteiger partial charge on any atom is 0.325 e. The zero-order valence-electron chi connectivity index (χ0n) is 18.1. The van der Waals surface area contributed by atoms with Crippen LogP contribution in [0.1, 0.15) is 24.5 Å². The number of aromatic nitrogens is 1. The van der Waals surface area contributed by atoms with Crippen molar-refractivity contribution in [2.24, 2.45) is 0 Å². The zero-order valence-corrected chi connectivity index (χ0v) is 18.1. The number of hydrogen-bond acceptors (Lipinski definition) is 3. The van der Waals surface area contributed by atoms with Crippen molar-refractivity contribution in [3.05, 3.63) is 77.7 Å². The van der Waals surface area contributed by atoms with Crippen LogP contribution in [0, 0.1) is 5.82 Å². The molecule has 0 aliphatic carbocycles. The molecule has 2 aromatic carbocycles. The molecule has 2 aliphatic rings. The third-order valence-corrected chi connectivity index (χ3v) is 6.49. The molecular formula is C25H23FN4O3. The molecule has 0 bridgehead atoms. The van der Waals surface area contributed by atoms with Gasteiger partial charge in [-0.05, 0) is 42.7 Å². The van der Waals surface area contributed by atoms with Crippen LogP contribution < -0.4 is 5.32 Å². The molecule has 7 nitrogen and oxygen atoms in total. The molecule has 1 fully saturated rings. The van der Waals surface area contributed by atoms with Crippen molar-refractivity contribution >= 4 is 34.3 Å². The molecule has 0 radical (unpaired) electrons. The number of rotatable bonds is 4. The van der Waals surface area contributed by atoms with Crippen molar-refractivity contribution in [3.8, 4) is 0 Å². The van der Waals surface area contributed by atoms with E-state index in [9.17, 15) is 18.8 Å². The van der Waals surface area contributed by atoms with Gasteiger partial charge in [0, 0.05) is 35.8 Å². The Morgan fingerprint density at radius 2 is 1.88 bits per heavy atom. The van der Waals surface area contributed by atoms with Gasteiger partial charge in [-0.25, -0.2) is 9.18 Å². The first-order valence-electron chi connectivity index (χ1n) is 10.8. The molecule has 0 spiro atoms. The van der Waals surface area contributed by atoms with E-state index in [2.05, 4.69) is 16.4 Å². The number of benzene rings is 2. The number of imide groups is 1. The van der Waals surface area contributed by atoms with E-state index in [0.29, 0.717) is 25.1 Å². The highest BCUT2D eigenvalue weighted by Gasteiger charge is 2.49. The number of para-hydroxylation sites is 1. The average Bonchev–Trinajstić information content (AvgIpc) is 3.34. The largest absolute Gasteiger partial charge is 0.361 e. The summed E-state index contributed by atoms with van der Waals surface area (Å²) in [5, 5.41) is 3.79. The second-order valence-electron chi connectivity index (χ2n) is 8.52. The number of nitrogens with zero attached hydrogens (tertiary/aromatic N) is 2. The molecule has 1 saturated heterocycles. The fraction of sp³-hybridized carbons (Fsp3) is 0.240. The molecular weight excluding hydrogens is 423 g/mol. The van der Waals surface area contributed by atoms with Crippen LogP contribution in [0.3, 0.4) is 0 Å². The van der Waals surface area contributed by atoms with Gasteiger partial charge in [-0.1, -0.05) is 36.4 Å². The van der Waals surface area contributed by atoms with E-state index in [1.807, 2.05) is 30.5 Å². The van der Waals surface area contributed by atoms with E-state index in [-0.39, 0.29) is 12.5 Å². The molecule has 8 heteroatoms. The maximum absolute atomic E-state index is 13.3. The number of carbonyl (C=O) groups excluding carboxylic acids is 3. The quantitative estimate of drug-likeness (QED) is 0.603. The van der Waals surface area contributed by atoms with Gasteiger partial charge in [0.15, 0.2) is 0 Å². The summed E-state index contributed by atoms with van der Waals surface area (Å²) in [7, 11) is 0. The number of H-pyrrole nitrogens is 1. The smallest absolute Gasteiger partial charge is 0.325 e. The number of carbonyl (C=O) groups is 3. The predicted octanol–water partition coefficient (Wildman–Crippen LogP) is 3.39. The van der Waals surface area contributed by atoms with Crippen molar-refractivity contribution in [2.45, 2.75) is 18.9 Å². The number of nitrogens with one attached hydrogen (secondary N) is 2. The maximum atomic E-state index is 13.3. The fourth-order valence-corrected chi connectivity index (χ4v) is 4.53. The highest BCUT2D eigenvalue weighted by molar-refractivity contribution is 6.09. The van der Waals surface area contributed by atoms with Crippen molar-refractivity contribution in [1.29, 1.82) is 0 Å². The number of hydrogen-bond donors (Lipinski definition) is 2. The van der Waals surface area contributed by atoms with Gasteiger partial charge in [-0.3, -0.25) is 14.5 Å². The molecule has 3 aromatic rings. The van der Waals surface area contributed by atoms with Crippen LogP contribution in [0.5, 0.6) is 0 Å². The lowest BCUT2D eigenvalue weighted by Gasteiger charge is -2.28. The molecule has 33 heavy (non-hydrogen) atoms. The molecule has 168 valence electrons. The molecule has 2 aliphatic heterocycles. The standard InChI is InChI=1S/C25H23FN4O3/c1-25(17-6-8-18(26)9-7-17)23(32)30(24(33)28-25)15-22(31)29-12-10-16(11-13-29)20-14-27-21-5-3-2-4-19(20)21/h2-10,14,27H,11-13,15H2,1H3,(H,28,33). The first kappa shape index (κ1) is 20.9. The Hall–Kier alpha value is -3.94. The van der Waals surface area contributed by atoms with Crippen LogP contribution in [0.4, 0.5) is 9.18 Å². The Kier molecular flexibility index (Phi) is 5.00. The van der Waals surface area contributed by atoms with E-state index in [1.54, 1.807) is 11.8 Å². The van der Waals surface area contributed by atoms with E-state index in [4.69, 9.17) is 0 Å². The van der Waals surface area contributed by atoms with Gasteiger partial charge in [-0.2, -0.15) is 0 Å². The van der Waals surface area contributed by atoms with Crippen molar-refractivity contribution < 1.29 is 18.8 Å². The minimum absolute atomic E-state index is 0.295. The monoisotopic (exact) mass is 446 g/mol. The summed E-state index contributed by atoms with van der Waals surface area (Å²) >= 11 is 0. The summed E-state index contributed by atoms with van der Waals surface area (Å²) in [6, 6.07) is 12.8. The van der Waals surface area contributed by atoms with Crippen LogP contribution in [-0.4, -0.2) is 52.3 Å². The van der Waals surface area contributed by atoms with Crippen molar-refractivity contribution in [3.63, 3.8) is 0 Å². The minimum Gasteiger partial charge on any atom is -0.361 e. The summed E-state index contributed by atoms with van der Waals surface area (Å²) in [6.45, 7) is 2.13. The van der Waals surface area contributed by atoms with Gasteiger partial charge < -0.3 is 15.2 Å². The van der Waals surface area contributed by atoms with Crippen LogP contribution >= 0.6 is 0 Å². The summed E-state index contributed by atoms with van der Waals surface area (Å²) in [5.41, 5.74) is 2.48. The van der Waals surface area contributed by atoms with E-state index in [1.165, 1.54) is 24.3 Å². The second kappa shape index (κ2) is 7.88. The highest BCUT2D eigenvalue weighted by atomic mass is 19.1. The average molecular weight is 446 g/mol. The van der Waals surface area contributed by atoms with Gasteiger partial charge in [0.25, 0.3) is 5.91 Å². The molecule has 1 atom stereocenters. The first-order valence-corrected chi connectivity index (χ1v) is 10.8. The molecule has 1 unspecified atom stereocenters. The lowest BCUT2D eigenvalue weighted by atomic mass is 9.92. The molecule has 5 rings (SSSR count). The fourth-order valence-electron chi connectivity index (χ4n) is 4.53. The van der Waals surface area contributed by atoms with Gasteiger partial charge in [0.2, 0.25) is 5.91 Å². The summed E-state index contributed by atoms with van der Waals surface area (Å²) < 4.78 is 13.3. The number of urea groups is 1. The van der Waals surface area contributed by atoms with E-state index in [0.717, 1.165) is 26.9 Å². The van der Waals surface area contributed by atoms with Crippen molar-refractivity contribution in [2.75, 3.05) is 19.6 Å². The van der Waals surface area contributed by atoms with Crippen LogP contribution in [0.15, 0.2) is 60.8 Å². The topological polar surface area (TPSA) is 85.5 Å². The van der Waals surface area contributed by atoms with E-state index >= 15 is 0 Å². The number of halogens is 1. The molecule has 0 saturated carbocycles.